The first-order valence-electron chi connectivity index (χ1n) is 16.1. The van der Waals surface area contributed by atoms with E-state index in [1.165, 1.54) is 82.6 Å². The molecule has 0 saturated carbocycles. The number of anilines is 1. The number of thiazole rings is 1. The molecule has 1 N–H and O–H groups in total. The molecule has 0 atom stereocenters. The SMILES string of the molecule is CCCCCCCCCCCCCCCCOc1ccc(CC(=O)Nc2ccc(C[n+]3ccsc3)cc2)cc1C(C)=O. The van der Waals surface area contributed by atoms with Crippen LogP contribution in [0.5, 0.6) is 5.75 Å². The van der Waals surface area contributed by atoms with Crippen LogP contribution in [0.15, 0.2) is 59.6 Å². The summed E-state index contributed by atoms with van der Waals surface area (Å²) >= 11 is 1.66. The van der Waals surface area contributed by atoms with Crippen LogP contribution in [0, 0.1) is 0 Å². The Morgan fingerprint density at radius 1 is 0.786 bits per heavy atom. The van der Waals surface area contributed by atoms with Crippen molar-refractivity contribution in [1.82, 2.24) is 0 Å². The molecule has 5 nitrogen and oxygen atoms in total. The molecule has 1 heterocycles. The Hall–Kier alpha value is -2.99. The normalized spacial score (nSPS) is 11.0. The second-order valence-electron chi connectivity index (χ2n) is 11.5. The third-order valence-electron chi connectivity index (χ3n) is 7.67. The van der Waals surface area contributed by atoms with Crippen LogP contribution in [-0.4, -0.2) is 18.3 Å². The van der Waals surface area contributed by atoms with Crippen LogP contribution in [0.25, 0.3) is 0 Å². The molecule has 0 bridgehead atoms. The molecule has 0 unspecified atom stereocenters. The third-order valence-corrected chi connectivity index (χ3v) is 8.34. The van der Waals surface area contributed by atoms with Gasteiger partial charge in [0, 0.05) is 11.3 Å². The van der Waals surface area contributed by atoms with Crippen molar-refractivity contribution in [2.45, 2.75) is 117 Å². The summed E-state index contributed by atoms with van der Waals surface area (Å²) in [7, 11) is 0. The van der Waals surface area contributed by atoms with Crippen LogP contribution in [0.2, 0.25) is 0 Å². The maximum absolute atomic E-state index is 12.7. The number of amides is 1. The first-order valence-corrected chi connectivity index (χ1v) is 17.1. The molecule has 0 fully saturated rings. The lowest BCUT2D eigenvalue weighted by atomic mass is 10.0. The van der Waals surface area contributed by atoms with Crippen LogP contribution in [0.3, 0.4) is 0 Å². The molecule has 0 radical (unpaired) electrons. The summed E-state index contributed by atoms with van der Waals surface area (Å²) in [4.78, 5) is 25.0. The van der Waals surface area contributed by atoms with Gasteiger partial charge in [0.1, 0.15) is 5.75 Å². The summed E-state index contributed by atoms with van der Waals surface area (Å²) in [6.07, 6.45) is 20.8. The van der Waals surface area contributed by atoms with Crippen LogP contribution >= 0.6 is 11.3 Å². The van der Waals surface area contributed by atoms with E-state index in [9.17, 15) is 9.59 Å². The minimum absolute atomic E-state index is 0.0488. The van der Waals surface area contributed by atoms with E-state index in [0.29, 0.717) is 17.9 Å². The topological polar surface area (TPSA) is 59.3 Å². The van der Waals surface area contributed by atoms with Crippen LogP contribution in [0.4, 0.5) is 5.69 Å². The number of Topliss-reactive ketones (excluding diaryl/α,β-unsaturated/α-hetero) is 1. The van der Waals surface area contributed by atoms with Crippen molar-refractivity contribution in [3.8, 4) is 5.75 Å². The average Bonchev–Trinajstić information content (AvgIpc) is 3.49. The van der Waals surface area contributed by atoms with Gasteiger partial charge in [-0.1, -0.05) is 120 Å². The van der Waals surface area contributed by atoms with Gasteiger partial charge in [0.25, 0.3) is 0 Å². The molecule has 0 saturated heterocycles. The molecule has 0 aliphatic rings. The van der Waals surface area contributed by atoms with Gasteiger partial charge in [0.2, 0.25) is 11.4 Å². The highest BCUT2D eigenvalue weighted by molar-refractivity contribution is 7.07. The number of benzene rings is 2. The zero-order valence-electron chi connectivity index (χ0n) is 25.9. The fraction of sp³-hybridized carbons (Fsp3) is 0.528. The Kier molecular flexibility index (Phi) is 16.0. The second-order valence-corrected chi connectivity index (χ2v) is 12.2. The molecule has 1 amide bonds. The van der Waals surface area contributed by atoms with Crippen molar-refractivity contribution in [2.24, 2.45) is 0 Å². The number of ether oxygens (including phenoxy) is 1. The van der Waals surface area contributed by atoms with Gasteiger partial charge in [-0.25, -0.2) is 0 Å². The van der Waals surface area contributed by atoms with Crippen LogP contribution in [-0.2, 0) is 17.8 Å². The fourth-order valence-corrected chi connectivity index (χ4v) is 5.81. The molecule has 1 aromatic heterocycles. The highest BCUT2D eigenvalue weighted by atomic mass is 32.1. The van der Waals surface area contributed by atoms with E-state index < -0.39 is 0 Å². The van der Waals surface area contributed by atoms with E-state index in [-0.39, 0.29) is 18.1 Å². The van der Waals surface area contributed by atoms with Crippen molar-refractivity contribution in [2.75, 3.05) is 11.9 Å². The summed E-state index contributed by atoms with van der Waals surface area (Å²) in [6, 6.07) is 13.4. The van der Waals surface area contributed by atoms with E-state index in [0.717, 1.165) is 30.6 Å². The van der Waals surface area contributed by atoms with E-state index >= 15 is 0 Å². The molecule has 42 heavy (non-hydrogen) atoms. The highest BCUT2D eigenvalue weighted by Gasteiger charge is 2.13. The van der Waals surface area contributed by atoms with E-state index in [4.69, 9.17) is 4.74 Å². The van der Waals surface area contributed by atoms with Crippen LogP contribution < -0.4 is 14.6 Å². The number of nitrogens with one attached hydrogen (secondary N) is 1. The monoisotopic (exact) mass is 591 g/mol. The second kappa shape index (κ2) is 20.0. The molecule has 3 aromatic rings. The first-order chi connectivity index (χ1) is 20.5. The highest BCUT2D eigenvalue weighted by Crippen LogP contribution is 2.22. The zero-order valence-corrected chi connectivity index (χ0v) is 26.7. The Bertz CT molecular complexity index is 1170. The number of carbonyl (C=O) groups excluding carboxylic acids is 2. The lowest BCUT2D eigenvalue weighted by molar-refractivity contribution is -0.683. The van der Waals surface area contributed by atoms with Gasteiger partial charge in [-0.05, 0) is 43.2 Å². The third kappa shape index (κ3) is 13.3. The van der Waals surface area contributed by atoms with Gasteiger partial charge in [-0.3, -0.25) is 9.59 Å². The largest absolute Gasteiger partial charge is 0.493 e. The lowest BCUT2D eigenvalue weighted by Crippen LogP contribution is -2.30. The summed E-state index contributed by atoms with van der Waals surface area (Å²) in [6.45, 7) is 5.24. The Labute approximate surface area is 257 Å². The van der Waals surface area contributed by atoms with Gasteiger partial charge in [-0.15, -0.1) is 0 Å². The van der Waals surface area contributed by atoms with E-state index in [1.54, 1.807) is 24.3 Å². The number of carbonyl (C=O) groups is 2. The van der Waals surface area contributed by atoms with Gasteiger partial charge < -0.3 is 10.1 Å². The van der Waals surface area contributed by atoms with Crippen molar-refractivity contribution < 1.29 is 18.9 Å². The summed E-state index contributed by atoms with van der Waals surface area (Å²) < 4.78 is 8.11. The molecule has 2 aromatic carbocycles. The molecule has 228 valence electrons. The van der Waals surface area contributed by atoms with Gasteiger partial charge in [-0.2, -0.15) is 4.57 Å². The van der Waals surface area contributed by atoms with E-state index in [1.807, 2.05) is 48.0 Å². The minimum atomic E-state index is -0.111. The fourth-order valence-electron chi connectivity index (χ4n) is 5.21. The maximum atomic E-state index is 12.7. The predicted molar refractivity (Wildman–Crippen MR) is 175 cm³/mol. The molecular weight excluding hydrogens is 540 g/mol. The van der Waals surface area contributed by atoms with Gasteiger partial charge in [0.15, 0.2) is 18.5 Å². The summed E-state index contributed by atoms with van der Waals surface area (Å²) in [5, 5.41) is 5.01. The number of nitrogens with zero attached hydrogens (tertiary/aromatic N) is 1. The maximum Gasteiger partial charge on any atom is 0.228 e. The molecule has 0 aliphatic carbocycles. The number of hydrogen-bond acceptors (Lipinski definition) is 4. The number of ketones is 1. The molecule has 0 spiro atoms. The molecule has 3 rings (SSSR count). The number of rotatable bonds is 22. The van der Waals surface area contributed by atoms with Crippen LogP contribution in [0.1, 0.15) is 125 Å². The number of hydrogen-bond donors (Lipinski definition) is 1. The standard InChI is InChI=1S/C36H50N2O3S/c1-3-4-5-6-7-8-9-10-11-12-13-14-15-16-24-41-35-22-19-32(26-34(35)30(2)39)27-36(40)37-33-20-17-31(18-21-33)28-38-23-25-42-29-38/h17-23,25-26,29H,3-16,24,27-28H2,1-2H3/p+1. The van der Waals surface area contributed by atoms with Crippen molar-refractivity contribution in [3.63, 3.8) is 0 Å². The first kappa shape index (κ1) is 33.5. The Morgan fingerprint density at radius 2 is 1.38 bits per heavy atom. The lowest BCUT2D eigenvalue weighted by Gasteiger charge is -2.12. The molecule has 0 aliphatic heterocycles. The number of aromatic nitrogens is 1. The minimum Gasteiger partial charge on any atom is -0.493 e. The summed E-state index contributed by atoms with van der Waals surface area (Å²) in [5.41, 5.74) is 5.35. The Morgan fingerprint density at radius 3 is 1.95 bits per heavy atom. The van der Waals surface area contributed by atoms with Crippen molar-refractivity contribution >= 4 is 28.7 Å². The molecule has 6 heteroatoms. The Balaban J connectivity index is 1.30. The smallest absolute Gasteiger partial charge is 0.228 e. The summed E-state index contributed by atoms with van der Waals surface area (Å²) in [5.74, 6) is 0.452. The predicted octanol–water partition coefficient (Wildman–Crippen LogP) is 9.33. The molecular formula is C36H51N2O3S+. The average molecular weight is 592 g/mol. The van der Waals surface area contributed by atoms with Gasteiger partial charge in [0.05, 0.1) is 24.0 Å². The van der Waals surface area contributed by atoms with Gasteiger partial charge >= 0.3 is 0 Å². The zero-order chi connectivity index (χ0) is 29.8. The number of unbranched alkanes of at least 4 members (excludes halogenated alkanes) is 13. The van der Waals surface area contributed by atoms with E-state index in [2.05, 4.69) is 22.3 Å². The van der Waals surface area contributed by atoms with Crippen molar-refractivity contribution in [1.29, 1.82) is 0 Å². The van der Waals surface area contributed by atoms with Crippen molar-refractivity contribution in [3.05, 3.63) is 76.2 Å². The quantitative estimate of drug-likeness (QED) is 0.0719.